The fourth-order valence-corrected chi connectivity index (χ4v) is 4.09. The van der Waals surface area contributed by atoms with Crippen molar-refractivity contribution < 1.29 is 4.74 Å². The number of rotatable bonds is 8. The maximum atomic E-state index is 9.24. The lowest BCUT2D eigenvalue weighted by Gasteiger charge is -2.41. The van der Waals surface area contributed by atoms with Crippen molar-refractivity contribution in [1.29, 1.82) is 5.26 Å². The molecule has 2 N–H and O–H groups in total. The number of nitrogens with two attached hydrogens (primary N) is 1. The Morgan fingerprint density at radius 1 is 1.31 bits per heavy atom. The third kappa shape index (κ3) is 5.47. The molecule has 1 atom stereocenters. The number of anilines is 1. The van der Waals surface area contributed by atoms with E-state index in [9.17, 15) is 5.26 Å². The summed E-state index contributed by atoms with van der Waals surface area (Å²) in [5, 5.41) is 9.24. The Balaban J connectivity index is 1.78. The van der Waals surface area contributed by atoms with E-state index in [1.165, 1.54) is 0 Å². The molecule has 0 saturated carbocycles. The molecule has 2 aromatic rings. The van der Waals surface area contributed by atoms with Gasteiger partial charge in [0.1, 0.15) is 0 Å². The van der Waals surface area contributed by atoms with Crippen LogP contribution >= 0.6 is 0 Å². The molecule has 0 amide bonds. The predicted octanol–water partition coefficient (Wildman–Crippen LogP) is 3.17. The molecule has 29 heavy (non-hydrogen) atoms. The number of benzene rings is 1. The topological polar surface area (TPSA) is 78.4 Å². The number of nitrogens with zero attached hydrogens (tertiary/aromatic N) is 4. The van der Waals surface area contributed by atoms with E-state index >= 15 is 0 Å². The molecule has 0 radical (unpaired) electrons. The van der Waals surface area contributed by atoms with Crippen LogP contribution in [-0.2, 0) is 6.54 Å². The summed E-state index contributed by atoms with van der Waals surface area (Å²) in [6.45, 7) is 5.91. The number of piperidine rings is 1. The Morgan fingerprint density at radius 3 is 2.72 bits per heavy atom. The van der Waals surface area contributed by atoms with Crippen molar-refractivity contribution in [3.05, 3.63) is 53.7 Å². The molecule has 6 nitrogen and oxygen atoms in total. The fraction of sp³-hybridized carbons (Fsp3) is 0.478. The molecule has 0 spiro atoms. The highest BCUT2D eigenvalue weighted by Crippen LogP contribution is 2.27. The lowest BCUT2D eigenvalue weighted by Crippen LogP contribution is -2.47. The number of nitriles is 1. The van der Waals surface area contributed by atoms with E-state index in [1.807, 2.05) is 30.5 Å². The molecule has 1 aliphatic heterocycles. The monoisotopic (exact) mass is 393 g/mol. The van der Waals surface area contributed by atoms with Gasteiger partial charge in [-0.2, -0.15) is 5.26 Å². The van der Waals surface area contributed by atoms with Gasteiger partial charge in [0.15, 0.2) is 0 Å². The third-order valence-electron chi connectivity index (χ3n) is 5.82. The first-order valence-electron chi connectivity index (χ1n) is 10.3. The van der Waals surface area contributed by atoms with Gasteiger partial charge >= 0.3 is 0 Å². The van der Waals surface area contributed by atoms with Gasteiger partial charge in [0.25, 0.3) is 0 Å². The van der Waals surface area contributed by atoms with Crippen LogP contribution in [0.15, 0.2) is 42.6 Å². The highest BCUT2D eigenvalue weighted by Gasteiger charge is 2.27. The van der Waals surface area contributed by atoms with Crippen LogP contribution in [0.1, 0.15) is 37.3 Å². The molecule has 1 aromatic heterocycles. The second-order valence-corrected chi connectivity index (χ2v) is 7.69. The smallest absolute Gasteiger partial charge is 0.213 e. The molecule has 3 rings (SSSR count). The number of methoxy groups -OCH3 is 1. The van der Waals surface area contributed by atoms with Crippen LogP contribution in [0.25, 0.3) is 0 Å². The van der Waals surface area contributed by atoms with Gasteiger partial charge in [-0.1, -0.05) is 12.1 Å². The van der Waals surface area contributed by atoms with Crippen LogP contribution in [0.4, 0.5) is 5.69 Å². The normalized spacial score (nSPS) is 16.2. The maximum absolute atomic E-state index is 9.24. The lowest BCUT2D eigenvalue weighted by atomic mass is 9.99. The van der Waals surface area contributed by atoms with E-state index in [2.05, 4.69) is 39.9 Å². The minimum absolute atomic E-state index is 0.428. The van der Waals surface area contributed by atoms with Gasteiger partial charge in [-0.15, -0.1) is 0 Å². The highest BCUT2D eigenvalue weighted by molar-refractivity contribution is 5.48. The SMILES string of the molecule is COc1ccc(N(Cc2cccc(C#N)c2)C2CCN(C(C)CCN)CC2)cn1. The molecular formula is C23H31N5O. The van der Waals surface area contributed by atoms with Gasteiger partial charge < -0.3 is 20.3 Å². The highest BCUT2D eigenvalue weighted by atomic mass is 16.5. The van der Waals surface area contributed by atoms with Gasteiger partial charge in [-0.3, -0.25) is 0 Å². The number of pyridine rings is 1. The summed E-state index contributed by atoms with van der Waals surface area (Å²) in [7, 11) is 1.63. The van der Waals surface area contributed by atoms with Gasteiger partial charge in [-0.25, -0.2) is 4.98 Å². The summed E-state index contributed by atoms with van der Waals surface area (Å²) >= 11 is 0. The first-order valence-corrected chi connectivity index (χ1v) is 10.3. The molecule has 1 fully saturated rings. The molecule has 0 aliphatic carbocycles. The molecule has 0 bridgehead atoms. The van der Waals surface area contributed by atoms with Crippen LogP contribution in [0.3, 0.4) is 0 Å². The molecule has 1 unspecified atom stereocenters. The Labute approximate surface area is 173 Å². The fourth-order valence-electron chi connectivity index (χ4n) is 4.09. The van der Waals surface area contributed by atoms with Crippen molar-refractivity contribution in [2.24, 2.45) is 5.73 Å². The average molecular weight is 394 g/mol. The minimum atomic E-state index is 0.428. The standard InChI is InChI=1S/C23H31N5O/c1-18(8-11-24)27-12-9-21(10-13-27)28(22-6-7-23(29-2)26-16-22)17-20-5-3-4-19(14-20)15-25/h3-7,14,16,18,21H,8-13,17,24H2,1-2H3. The van der Waals surface area contributed by atoms with Gasteiger partial charge in [-0.05, 0) is 56.5 Å². The first-order chi connectivity index (χ1) is 14.1. The number of aromatic nitrogens is 1. The molecule has 2 heterocycles. The minimum Gasteiger partial charge on any atom is -0.481 e. The molecule has 1 aromatic carbocycles. The number of hydrogen-bond donors (Lipinski definition) is 1. The Bertz CT molecular complexity index is 809. The van der Waals surface area contributed by atoms with E-state index in [0.717, 1.165) is 56.7 Å². The Morgan fingerprint density at radius 2 is 2.10 bits per heavy atom. The van der Waals surface area contributed by atoms with E-state index in [-0.39, 0.29) is 0 Å². The summed E-state index contributed by atoms with van der Waals surface area (Å²) in [5.74, 6) is 0.616. The maximum Gasteiger partial charge on any atom is 0.213 e. The summed E-state index contributed by atoms with van der Waals surface area (Å²) in [4.78, 5) is 9.39. The van der Waals surface area contributed by atoms with E-state index in [0.29, 0.717) is 23.5 Å². The van der Waals surface area contributed by atoms with Crippen molar-refractivity contribution in [1.82, 2.24) is 9.88 Å². The largest absolute Gasteiger partial charge is 0.481 e. The molecule has 1 aliphatic rings. The lowest BCUT2D eigenvalue weighted by molar-refractivity contribution is 0.154. The second-order valence-electron chi connectivity index (χ2n) is 7.69. The quantitative estimate of drug-likeness (QED) is 0.742. The van der Waals surface area contributed by atoms with E-state index in [1.54, 1.807) is 7.11 Å². The predicted molar refractivity (Wildman–Crippen MR) is 116 cm³/mol. The average Bonchev–Trinajstić information content (AvgIpc) is 2.78. The van der Waals surface area contributed by atoms with E-state index in [4.69, 9.17) is 10.5 Å². The molecule has 6 heteroatoms. The number of likely N-dealkylation sites (tertiary alicyclic amines) is 1. The Hall–Kier alpha value is -2.62. The zero-order chi connectivity index (χ0) is 20.6. The molecule has 1 saturated heterocycles. The first kappa shape index (κ1) is 21.1. The number of ether oxygens (including phenoxy) is 1. The van der Waals surface area contributed by atoms with Crippen LogP contribution < -0.4 is 15.4 Å². The molecular weight excluding hydrogens is 362 g/mol. The van der Waals surface area contributed by atoms with Crippen LogP contribution in [0, 0.1) is 11.3 Å². The van der Waals surface area contributed by atoms with Crippen molar-refractivity contribution in [3.63, 3.8) is 0 Å². The van der Waals surface area contributed by atoms with Crippen LogP contribution in [-0.4, -0.2) is 48.7 Å². The van der Waals surface area contributed by atoms with Crippen molar-refractivity contribution in [2.75, 3.05) is 31.6 Å². The summed E-state index contributed by atoms with van der Waals surface area (Å²) < 4.78 is 5.22. The van der Waals surface area contributed by atoms with Gasteiger partial charge in [0.05, 0.1) is 30.6 Å². The third-order valence-corrected chi connectivity index (χ3v) is 5.82. The van der Waals surface area contributed by atoms with Gasteiger partial charge in [0, 0.05) is 37.8 Å². The zero-order valence-corrected chi connectivity index (χ0v) is 17.4. The van der Waals surface area contributed by atoms with E-state index < -0.39 is 0 Å². The summed E-state index contributed by atoms with van der Waals surface area (Å²) in [6, 6.07) is 15.0. The van der Waals surface area contributed by atoms with Gasteiger partial charge in [0.2, 0.25) is 5.88 Å². The summed E-state index contributed by atoms with van der Waals surface area (Å²) in [5.41, 5.74) is 8.66. The van der Waals surface area contributed by atoms with Crippen molar-refractivity contribution >= 4 is 5.69 Å². The zero-order valence-electron chi connectivity index (χ0n) is 17.4. The van der Waals surface area contributed by atoms with Crippen molar-refractivity contribution in [3.8, 4) is 11.9 Å². The second kappa shape index (κ2) is 10.2. The number of hydrogen-bond acceptors (Lipinski definition) is 6. The van der Waals surface area contributed by atoms with Crippen LogP contribution in [0.2, 0.25) is 0 Å². The van der Waals surface area contributed by atoms with Crippen molar-refractivity contribution in [2.45, 2.75) is 44.8 Å². The summed E-state index contributed by atoms with van der Waals surface area (Å²) in [6.07, 6.45) is 5.12. The van der Waals surface area contributed by atoms with Crippen LogP contribution in [0.5, 0.6) is 5.88 Å². The molecule has 154 valence electrons. The Kier molecular flexibility index (Phi) is 7.45.